The van der Waals surface area contributed by atoms with Crippen LogP contribution in [0.25, 0.3) is 0 Å². The van der Waals surface area contributed by atoms with Crippen molar-refractivity contribution in [1.82, 2.24) is 0 Å². The predicted molar refractivity (Wildman–Crippen MR) is 88.6 cm³/mol. The van der Waals surface area contributed by atoms with E-state index in [1.165, 1.54) is 7.11 Å². The summed E-state index contributed by atoms with van der Waals surface area (Å²) in [4.78, 5) is 24.8. The van der Waals surface area contributed by atoms with Crippen molar-refractivity contribution < 1.29 is 19.4 Å². The number of ether oxygens (including phenoxy) is 1. The molecule has 5 nitrogen and oxygen atoms in total. The monoisotopic (exact) mass is 375 g/mol. The molecule has 6 heteroatoms. The Morgan fingerprint density at radius 1 is 1.30 bits per heavy atom. The molecule has 2 N–H and O–H groups in total. The van der Waals surface area contributed by atoms with Gasteiger partial charge in [0, 0.05) is 15.7 Å². The summed E-state index contributed by atoms with van der Waals surface area (Å²) < 4.78 is 5.89. The molecule has 0 saturated carbocycles. The van der Waals surface area contributed by atoms with Gasteiger partial charge in [-0.3, -0.25) is 9.59 Å². The lowest BCUT2D eigenvalue weighted by molar-refractivity contribution is -0.133. The Labute approximate surface area is 141 Å². The Kier molecular flexibility index (Phi) is 3.95. The average molecular weight is 376 g/mol. The smallest absolute Gasteiger partial charge is 0.261 e. The minimum atomic E-state index is -1.89. The molecule has 1 atom stereocenters. The fraction of sp³-hybridized carbons (Fsp3) is 0.176. The highest BCUT2D eigenvalue weighted by Gasteiger charge is 2.47. The number of hydrogen-bond acceptors (Lipinski definition) is 4. The fourth-order valence-corrected chi connectivity index (χ4v) is 3.05. The first-order valence-corrected chi connectivity index (χ1v) is 7.75. The highest BCUT2D eigenvalue weighted by molar-refractivity contribution is 9.10. The number of Topliss-reactive ketones (excluding diaryl/α,β-unsaturated/α-hetero) is 1. The van der Waals surface area contributed by atoms with Crippen molar-refractivity contribution in [3.8, 4) is 5.75 Å². The lowest BCUT2D eigenvalue weighted by Crippen LogP contribution is -2.36. The van der Waals surface area contributed by atoms with Gasteiger partial charge in [-0.15, -0.1) is 0 Å². The van der Waals surface area contributed by atoms with Crippen molar-refractivity contribution in [2.24, 2.45) is 0 Å². The molecular weight excluding hydrogens is 362 g/mol. The van der Waals surface area contributed by atoms with E-state index in [9.17, 15) is 14.7 Å². The zero-order chi connectivity index (χ0) is 16.6. The van der Waals surface area contributed by atoms with Crippen LogP contribution in [0.3, 0.4) is 0 Å². The number of rotatable bonds is 4. The third-order valence-corrected chi connectivity index (χ3v) is 4.37. The number of anilines is 1. The maximum absolute atomic E-state index is 12.6. The second-order valence-electron chi connectivity index (χ2n) is 5.30. The summed E-state index contributed by atoms with van der Waals surface area (Å²) in [5.74, 6) is -0.559. The number of methoxy groups -OCH3 is 1. The number of halogens is 1. The molecule has 23 heavy (non-hydrogen) atoms. The van der Waals surface area contributed by atoms with Gasteiger partial charge in [0.1, 0.15) is 5.75 Å². The second-order valence-corrected chi connectivity index (χ2v) is 6.22. The SMILES string of the molecule is COc1ccccc1C(=O)CC1(O)C(=O)Nc2ccc(Br)cc21. The Morgan fingerprint density at radius 3 is 2.78 bits per heavy atom. The number of ketones is 1. The van der Waals surface area contributed by atoms with Gasteiger partial charge in [0.2, 0.25) is 0 Å². The Bertz CT molecular complexity index is 805. The van der Waals surface area contributed by atoms with E-state index in [2.05, 4.69) is 21.2 Å². The quantitative estimate of drug-likeness (QED) is 0.805. The first-order valence-electron chi connectivity index (χ1n) is 6.96. The van der Waals surface area contributed by atoms with Crippen molar-refractivity contribution in [3.05, 3.63) is 58.1 Å². The van der Waals surface area contributed by atoms with Crippen LogP contribution in [0.15, 0.2) is 46.9 Å². The van der Waals surface area contributed by atoms with Gasteiger partial charge in [0.15, 0.2) is 11.4 Å². The van der Waals surface area contributed by atoms with Gasteiger partial charge >= 0.3 is 0 Å². The highest BCUT2D eigenvalue weighted by Crippen LogP contribution is 2.40. The number of nitrogens with one attached hydrogen (secondary N) is 1. The Hall–Kier alpha value is -2.18. The zero-order valence-corrected chi connectivity index (χ0v) is 13.9. The number of carbonyl (C=O) groups is 2. The van der Waals surface area contributed by atoms with Crippen LogP contribution in [0.4, 0.5) is 5.69 Å². The van der Waals surface area contributed by atoms with Gasteiger partial charge in [-0.2, -0.15) is 0 Å². The molecule has 1 aliphatic heterocycles. The van der Waals surface area contributed by atoms with E-state index in [4.69, 9.17) is 4.74 Å². The summed E-state index contributed by atoms with van der Waals surface area (Å²) in [6, 6.07) is 11.8. The number of carbonyl (C=O) groups excluding carboxylic acids is 2. The normalized spacial score (nSPS) is 19.2. The maximum atomic E-state index is 12.6. The van der Waals surface area contributed by atoms with Crippen LogP contribution in [-0.4, -0.2) is 23.9 Å². The van der Waals surface area contributed by atoms with Crippen LogP contribution < -0.4 is 10.1 Å². The van der Waals surface area contributed by atoms with Crippen LogP contribution in [-0.2, 0) is 10.4 Å². The summed E-state index contributed by atoms with van der Waals surface area (Å²) >= 11 is 3.32. The molecule has 2 aromatic rings. The number of amides is 1. The van der Waals surface area contributed by atoms with Crippen LogP contribution >= 0.6 is 15.9 Å². The molecule has 0 saturated heterocycles. The molecule has 3 rings (SSSR count). The molecule has 1 unspecified atom stereocenters. The number of benzene rings is 2. The summed E-state index contributed by atoms with van der Waals surface area (Å²) in [5, 5.41) is 13.4. The maximum Gasteiger partial charge on any atom is 0.261 e. The van der Waals surface area contributed by atoms with E-state index in [1.807, 2.05) is 0 Å². The van der Waals surface area contributed by atoms with Crippen LogP contribution in [0.1, 0.15) is 22.3 Å². The first kappa shape index (κ1) is 15.7. The summed E-state index contributed by atoms with van der Waals surface area (Å²) in [5.41, 5.74) is -0.662. The average Bonchev–Trinajstić information content (AvgIpc) is 2.78. The third-order valence-electron chi connectivity index (χ3n) is 3.87. The van der Waals surface area contributed by atoms with Gasteiger partial charge < -0.3 is 15.2 Å². The zero-order valence-electron chi connectivity index (χ0n) is 12.3. The minimum Gasteiger partial charge on any atom is -0.496 e. The fourth-order valence-electron chi connectivity index (χ4n) is 2.69. The van der Waals surface area contributed by atoms with E-state index >= 15 is 0 Å². The number of hydrogen-bond donors (Lipinski definition) is 2. The molecular formula is C17H14BrNO4. The van der Waals surface area contributed by atoms with Gasteiger partial charge in [-0.1, -0.05) is 28.1 Å². The predicted octanol–water partition coefficient (Wildman–Crippen LogP) is 2.87. The molecule has 1 aliphatic rings. The molecule has 0 spiro atoms. The Morgan fingerprint density at radius 2 is 2.04 bits per heavy atom. The van der Waals surface area contributed by atoms with E-state index < -0.39 is 11.5 Å². The van der Waals surface area contributed by atoms with Gasteiger partial charge in [-0.25, -0.2) is 0 Å². The van der Waals surface area contributed by atoms with Gasteiger partial charge in [0.25, 0.3) is 5.91 Å². The van der Waals surface area contributed by atoms with Crippen molar-refractivity contribution in [2.45, 2.75) is 12.0 Å². The molecule has 0 radical (unpaired) electrons. The molecule has 1 heterocycles. The van der Waals surface area contributed by atoms with Crippen LogP contribution in [0.2, 0.25) is 0 Å². The first-order chi connectivity index (χ1) is 11.0. The summed E-state index contributed by atoms with van der Waals surface area (Å²) in [6.07, 6.45) is -0.358. The van der Waals surface area contributed by atoms with Crippen molar-refractivity contribution >= 4 is 33.3 Å². The van der Waals surface area contributed by atoms with Crippen LogP contribution in [0, 0.1) is 0 Å². The lowest BCUT2D eigenvalue weighted by Gasteiger charge is -2.20. The molecule has 0 aliphatic carbocycles. The van der Waals surface area contributed by atoms with Gasteiger partial charge in [0.05, 0.1) is 19.1 Å². The van der Waals surface area contributed by atoms with E-state index in [0.29, 0.717) is 22.6 Å². The molecule has 0 fully saturated rings. The molecule has 118 valence electrons. The van der Waals surface area contributed by atoms with Crippen molar-refractivity contribution in [1.29, 1.82) is 0 Å². The minimum absolute atomic E-state index is 0.333. The molecule has 0 bridgehead atoms. The van der Waals surface area contributed by atoms with E-state index in [-0.39, 0.29) is 12.2 Å². The Balaban J connectivity index is 1.98. The van der Waals surface area contributed by atoms with Crippen molar-refractivity contribution in [2.75, 3.05) is 12.4 Å². The standard InChI is InChI=1S/C17H14BrNO4/c1-23-15-5-3-2-4-11(15)14(20)9-17(22)12-8-10(18)6-7-13(12)19-16(17)21/h2-8,22H,9H2,1H3,(H,19,21). The number of para-hydroxylation sites is 1. The second kappa shape index (κ2) is 5.79. The highest BCUT2D eigenvalue weighted by atomic mass is 79.9. The summed E-state index contributed by atoms with van der Waals surface area (Å²) in [6.45, 7) is 0. The van der Waals surface area contributed by atoms with Crippen LogP contribution in [0.5, 0.6) is 5.75 Å². The largest absolute Gasteiger partial charge is 0.496 e. The molecule has 0 aromatic heterocycles. The van der Waals surface area contributed by atoms with E-state index in [1.54, 1.807) is 42.5 Å². The number of aliphatic hydroxyl groups is 1. The lowest BCUT2D eigenvalue weighted by atomic mass is 9.88. The topological polar surface area (TPSA) is 75.6 Å². The van der Waals surface area contributed by atoms with Gasteiger partial charge in [-0.05, 0) is 30.3 Å². The summed E-state index contributed by atoms with van der Waals surface area (Å²) in [7, 11) is 1.47. The molecule has 2 aromatic carbocycles. The van der Waals surface area contributed by atoms with Crippen molar-refractivity contribution in [3.63, 3.8) is 0 Å². The molecule has 1 amide bonds. The van der Waals surface area contributed by atoms with E-state index in [0.717, 1.165) is 4.47 Å². The third kappa shape index (κ3) is 2.64. The number of fused-ring (bicyclic) bond motifs is 1.